The molecular weight excluding hydrogens is 313 g/mol. The zero-order chi connectivity index (χ0) is 14.3. The Balaban J connectivity index is 2.94. The van der Waals surface area contributed by atoms with Gasteiger partial charge in [0.05, 0.1) is 30.5 Å². The van der Waals surface area contributed by atoms with Crippen LogP contribution in [0.15, 0.2) is 22.7 Å². The van der Waals surface area contributed by atoms with Gasteiger partial charge in [-0.15, -0.1) is 0 Å². The van der Waals surface area contributed by atoms with Crippen molar-refractivity contribution in [3.8, 4) is 12.1 Å². The summed E-state index contributed by atoms with van der Waals surface area (Å²) in [6.45, 7) is 0.444. The summed E-state index contributed by atoms with van der Waals surface area (Å²) >= 11 is 3.19. The van der Waals surface area contributed by atoms with E-state index in [1.54, 1.807) is 0 Å². The average Bonchev–Trinajstić information content (AvgIpc) is 2.41. The van der Waals surface area contributed by atoms with Crippen LogP contribution in [0.5, 0.6) is 0 Å². The molecule has 98 valence electrons. The number of hydrogen-bond donors (Lipinski definition) is 0. The van der Waals surface area contributed by atoms with Crippen LogP contribution in [0.3, 0.4) is 0 Å². The van der Waals surface area contributed by atoms with E-state index in [9.17, 15) is 9.18 Å². The zero-order valence-corrected chi connectivity index (χ0v) is 11.7. The fourth-order valence-electron chi connectivity index (χ4n) is 1.52. The zero-order valence-electron chi connectivity index (χ0n) is 10.1. The van der Waals surface area contributed by atoms with Gasteiger partial charge in [0.15, 0.2) is 0 Å². The van der Waals surface area contributed by atoms with Gasteiger partial charge >= 0.3 is 0 Å². The molecule has 0 aliphatic rings. The predicted octanol–water partition coefficient (Wildman–Crippen LogP) is 2.86. The van der Waals surface area contributed by atoms with Crippen LogP contribution in [0, 0.1) is 28.5 Å². The molecule has 0 aliphatic carbocycles. The summed E-state index contributed by atoms with van der Waals surface area (Å²) in [4.78, 5) is 13.6. The number of hydrogen-bond acceptors (Lipinski definition) is 3. The van der Waals surface area contributed by atoms with Crippen LogP contribution in [-0.4, -0.2) is 23.9 Å². The van der Waals surface area contributed by atoms with Crippen molar-refractivity contribution in [1.29, 1.82) is 10.5 Å². The van der Waals surface area contributed by atoms with E-state index in [2.05, 4.69) is 15.9 Å². The number of amides is 1. The molecule has 0 spiro atoms. The molecule has 6 heteroatoms. The van der Waals surface area contributed by atoms with Crippen LogP contribution in [0.1, 0.15) is 23.2 Å². The molecule has 0 aromatic heterocycles. The molecule has 0 atom stereocenters. The van der Waals surface area contributed by atoms with E-state index in [1.165, 1.54) is 17.0 Å². The molecular formula is C13H11BrFN3O. The number of halogens is 2. The third-order valence-corrected chi connectivity index (χ3v) is 3.12. The molecule has 0 saturated carbocycles. The summed E-state index contributed by atoms with van der Waals surface area (Å²) in [6.07, 6.45) is 0.341. The molecule has 4 nitrogen and oxygen atoms in total. The molecule has 0 radical (unpaired) electrons. The predicted molar refractivity (Wildman–Crippen MR) is 70.5 cm³/mol. The van der Waals surface area contributed by atoms with Crippen molar-refractivity contribution in [2.45, 2.75) is 12.8 Å². The Morgan fingerprint density at radius 3 is 2.37 bits per heavy atom. The lowest BCUT2D eigenvalue weighted by molar-refractivity contribution is 0.0761. The second-order valence-electron chi connectivity index (χ2n) is 3.73. The maximum atomic E-state index is 13.2. The normalized spacial score (nSPS) is 9.47. The highest BCUT2D eigenvalue weighted by atomic mass is 79.9. The first-order valence-electron chi connectivity index (χ1n) is 5.58. The van der Waals surface area contributed by atoms with Gasteiger partial charge in [0, 0.05) is 17.6 Å². The van der Waals surface area contributed by atoms with Crippen LogP contribution >= 0.6 is 15.9 Å². The van der Waals surface area contributed by atoms with Crippen molar-refractivity contribution in [2.24, 2.45) is 0 Å². The molecule has 0 N–H and O–H groups in total. The number of carbonyl (C=O) groups is 1. The van der Waals surface area contributed by atoms with Gasteiger partial charge in [-0.1, -0.05) is 0 Å². The second-order valence-corrected chi connectivity index (χ2v) is 4.59. The summed E-state index contributed by atoms with van der Waals surface area (Å²) < 4.78 is 13.7. The largest absolute Gasteiger partial charge is 0.337 e. The highest BCUT2D eigenvalue weighted by Gasteiger charge is 2.18. The Kier molecular flexibility index (Phi) is 5.98. The van der Waals surface area contributed by atoms with Crippen LogP contribution in [0.4, 0.5) is 4.39 Å². The first-order chi connectivity index (χ1) is 9.10. The molecule has 0 unspecified atom stereocenters. The van der Waals surface area contributed by atoms with Crippen molar-refractivity contribution in [1.82, 2.24) is 4.90 Å². The first kappa shape index (κ1) is 15.1. The third kappa shape index (κ3) is 4.35. The molecule has 1 amide bonds. The number of carbonyl (C=O) groups excluding carboxylic acids is 1. The van der Waals surface area contributed by atoms with E-state index in [0.29, 0.717) is 4.47 Å². The highest BCUT2D eigenvalue weighted by molar-refractivity contribution is 9.10. The van der Waals surface area contributed by atoms with Gasteiger partial charge in [-0.05, 0) is 34.1 Å². The van der Waals surface area contributed by atoms with Crippen LogP contribution in [0.2, 0.25) is 0 Å². The minimum absolute atomic E-state index is 0.171. The van der Waals surface area contributed by atoms with Crippen molar-refractivity contribution < 1.29 is 9.18 Å². The number of rotatable bonds is 5. The minimum atomic E-state index is -0.507. The summed E-state index contributed by atoms with van der Waals surface area (Å²) in [5.41, 5.74) is 0.191. The molecule has 0 aliphatic heterocycles. The van der Waals surface area contributed by atoms with Crippen molar-refractivity contribution in [3.05, 3.63) is 34.1 Å². The maximum absolute atomic E-state index is 13.2. The molecule has 1 aromatic rings. The van der Waals surface area contributed by atoms with E-state index in [-0.39, 0.29) is 31.5 Å². The lowest BCUT2D eigenvalue weighted by atomic mass is 10.2. The van der Waals surface area contributed by atoms with E-state index in [4.69, 9.17) is 10.5 Å². The molecule has 0 fully saturated rings. The van der Waals surface area contributed by atoms with Crippen molar-refractivity contribution in [2.75, 3.05) is 13.1 Å². The summed E-state index contributed by atoms with van der Waals surface area (Å²) in [6, 6.07) is 7.73. The topological polar surface area (TPSA) is 67.9 Å². The fraction of sp³-hybridized carbons (Fsp3) is 0.308. The number of nitriles is 2. The van der Waals surface area contributed by atoms with E-state index in [0.717, 1.165) is 6.07 Å². The summed E-state index contributed by atoms with van der Waals surface area (Å²) in [5, 5.41) is 17.1. The SMILES string of the molecule is N#CCCN(CCC#N)C(=O)c1cc(F)ccc1Br. The van der Waals surface area contributed by atoms with E-state index >= 15 is 0 Å². The van der Waals surface area contributed by atoms with Crippen molar-refractivity contribution in [3.63, 3.8) is 0 Å². The summed E-state index contributed by atoms with van der Waals surface area (Å²) in [7, 11) is 0. The fourth-order valence-corrected chi connectivity index (χ4v) is 1.93. The van der Waals surface area contributed by atoms with E-state index in [1.807, 2.05) is 12.1 Å². The third-order valence-electron chi connectivity index (χ3n) is 2.43. The quantitative estimate of drug-likeness (QED) is 0.836. The molecule has 1 rings (SSSR count). The van der Waals surface area contributed by atoms with Gasteiger partial charge in [-0.3, -0.25) is 4.79 Å². The first-order valence-corrected chi connectivity index (χ1v) is 6.37. The standard InChI is InChI=1S/C13H11BrFN3O/c14-12-4-3-10(15)9-11(12)13(19)18(7-1-5-16)8-2-6-17/h3-4,9H,1-2,7-8H2. The van der Waals surface area contributed by atoms with E-state index < -0.39 is 11.7 Å². The second kappa shape index (κ2) is 7.50. The Labute approximate surface area is 119 Å². The smallest absolute Gasteiger partial charge is 0.255 e. The van der Waals surface area contributed by atoms with Gasteiger partial charge in [-0.25, -0.2) is 4.39 Å². The summed E-state index contributed by atoms with van der Waals surface area (Å²) in [5.74, 6) is -0.899. The Bertz CT molecular complexity index is 530. The molecule has 19 heavy (non-hydrogen) atoms. The molecule has 0 heterocycles. The van der Waals surface area contributed by atoms with Gasteiger partial charge in [0.1, 0.15) is 5.82 Å². The molecule has 0 bridgehead atoms. The van der Waals surface area contributed by atoms with Gasteiger partial charge in [0.2, 0.25) is 0 Å². The van der Waals surface area contributed by atoms with Gasteiger partial charge < -0.3 is 4.90 Å². The Morgan fingerprint density at radius 1 is 1.26 bits per heavy atom. The van der Waals surface area contributed by atoms with Crippen LogP contribution in [0.25, 0.3) is 0 Å². The Hall–Kier alpha value is -1.92. The number of nitrogens with zero attached hydrogens (tertiary/aromatic N) is 3. The molecule has 1 aromatic carbocycles. The minimum Gasteiger partial charge on any atom is -0.337 e. The monoisotopic (exact) mass is 323 g/mol. The number of benzene rings is 1. The van der Waals surface area contributed by atoms with Gasteiger partial charge in [-0.2, -0.15) is 10.5 Å². The Morgan fingerprint density at radius 2 is 1.84 bits per heavy atom. The lowest BCUT2D eigenvalue weighted by Crippen LogP contribution is -2.33. The molecule has 0 saturated heterocycles. The van der Waals surface area contributed by atoms with Gasteiger partial charge in [0.25, 0.3) is 5.91 Å². The van der Waals surface area contributed by atoms with Crippen LogP contribution < -0.4 is 0 Å². The maximum Gasteiger partial charge on any atom is 0.255 e. The highest BCUT2D eigenvalue weighted by Crippen LogP contribution is 2.20. The average molecular weight is 324 g/mol. The lowest BCUT2D eigenvalue weighted by Gasteiger charge is -2.21. The van der Waals surface area contributed by atoms with Crippen LogP contribution in [-0.2, 0) is 0 Å². The van der Waals surface area contributed by atoms with Crippen molar-refractivity contribution >= 4 is 21.8 Å².